The van der Waals surface area contributed by atoms with Crippen molar-refractivity contribution in [3.63, 3.8) is 0 Å². The third-order valence-electron chi connectivity index (χ3n) is 6.50. The molecule has 1 aliphatic heterocycles. The number of aliphatic carboxylic acids is 1. The second-order valence-corrected chi connectivity index (χ2v) is 11.4. The molecule has 3 rings (SSSR count). The second-order valence-electron chi connectivity index (χ2n) is 11.4. The summed E-state index contributed by atoms with van der Waals surface area (Å²) in [7, 11) is 0. The van der Waals surface area contributed by atoms with E-state index in [4.69, 9.17) is 0 Å². The molecule has 1 fully saturated rings. The fourth-order valence-electron chi connectivity index (χ4n) is 5.00. The number of hydrogen-bond acceptors (Lipinski definition) is 5. The van der Waals surface area contributed by atoms with Gasteiger partial charge in [-0.3, -0.25) is 9.69 Å². The van der Waals surface area contributed by atoms with E-state index in [1.54, 1.807) is 10.7 Å². The molecule has 0 saturated carbocycles. The molecule has 2 aromatic rings. The molecule has 1 saturated heterocycles. The van der Waals surface area contributed by atoms with Crippen molar-refractivity contribution in [2.75, 3.05) is 11.9 Å². The summed E-state index contributed by atoms with van der Waals surface area (Å²) in [6, 6.07) is 4.93. The molecule has 0 unspecified atom stereocenters. The lowest BCUT2D eigenvalue weighted by Gasteiger charge is -2.49. The number of aromatic nitrogens is 3. The third kappa shape index (κ3) is 5.37. The Morgan fingerprint density at radius 2 is 1.91 bits per heavy atom. The van der Waals surface area contributed by atoms with Gasteiger partial charge >= 0.3 is 5.97 Å². The van der Waals surface area contributed by atoms with Crippen LogP contribution in [0.1, 0.15) is 72.7 Å². The van der Waals surface area contributed by atoms with Crippen molar-refractivity contribution in [2.24, 2.45) is 5.41 Å². The van der Waals surface area contributed by atoms with E-state index in [-0.39, 0.29) is 29.4 Å². The monoisotopic (exact) mass is 459 g/mol. The molecule has 0 amide bonds. The molecule has 1 aliphatic rings. The summed E-state index contributed by atoms with van der Waals surface area (Å²) in [6.07, 6.45) is 1.32. The zero-order valence-corrected chi connectivity index (χ0v) is 21.2. The Morgan fingerprint density at radius 3 is 2.45 bits per heavy atom. The average Bonchev–Trinajstić information content (AvgIpc) is 3.04. The molecule has 0 bridgehead atoms. The van der Waals surface area contributed by atoms with Crippen LogP contribution in [0.4, 0.5) is 16.0 Å². The maximum atomic E-state index is 14.7. The van der Waals surface area contributed by atoms with E-state index in [9.17, 15) is 14.3 Å². The van der Waals surface area contributed by atoms with Gasteiger partial charge in [0.15, 0.2) is 11.6 Å². The van der Waals surface area contributed by atoms with Gasteiger partial charge in [0, 0.05) is 36.3 Å². The number of nitrogens with zero attached hydrogens (tertiary/aromatic N) is 4. The van der Waals surface area contributed by atoms with Gasteiger partial charge in [0.1, 0.15) is 5.82 Å². The topological polar surface area (TPSA) is 83.3 Å². The third-order valence-corrected chi connectivity index (χ3v) is 6.50. The van der Waals surface area contributed by atoms with Crippen LogP contribution in [-0.2, 0) is 16.8 Å². The van der Waals surface area contributed by atoms with E-state index >= 15 is 0 Å². The van der Waals surface area contributed by atoms with Crippen molar-refractivity contribution in [3.8, 4) is 0 Å². The molecule has 0 radical (unpaired) electrons. The minimum atomic E-state index is -0.924. The van der Waals surface area contributed by atoms with Crippen molar-refractivity contribution in [2.45, 2.75) is 91.8 Å². The highest BCUT2D eigenvalue weighted by Gasteiger charge is 2.46. The lowest BCUT2D eigenvalue weighted by atomic mass is 9.71. The lowest BCUT2D eigenvalue weighted by Crippen LogP contribution is -2.56. The fraction of sp³-hybridized carbons (Fsp3) is 0.640. The molecule has 0 aliphatic carbocycles. The Balaban J connectivity index is 1.88. The number of hydrogen-bond donors (Lipinski definition) is 2. The Hall–Kier alpha value is -2.48. The molecule has 2 N–H and O–H groups in total. The van der Waals surface area contributed by atoms with Crippen molar-refractivity contribution in [3.05, 3.63) is 35.4 Å². The molecule has 33 heavy (non-hydrogen) atoms. The molecule has 182 valence electrons. The van der Waals surface area contributed by atoms with Crippen LogP contribution in [-0.4, -0.2) is 48.9 Å². The summed E-state index contributed by atoms with van der Waals surface area (Å²) in [5.74, 6) is -0.578. The number of aryl methyl sites for hydroxylation is 1. The van der Waals surface area contributed by atoms with E-state index in [0.29, 0.717) is 30.9 Å². The van der Waals surface area contributed by atoms with Gasteiger partial charge in [-0.05, 0) is 80.4 Å². The number of anilines is 2. The number of carboxylic acid groups (broad SMARTS) is 1. The number of pyridine rings is 1. The zero-order valence-electron chi connectivity index (χ0n) is 21.2. The van der Waals surface area contributed by atoms with Gasteiger partial charge < -0.3 is 10.4 Å². The summed E-state index contributed by atoms with van der Waals surface area (Å²) in [5.41, 5.74) is 0.135. The predicted molar refractivity (Wildman–Crippen MR) is 128 cm³/mol. The first-order chi connectivity index (χ1) is 15.1. The standard InChI is InChI=1S/C25H38FN5O2/c1-16-13-20(31(29-16)24(6,7)8)28-21-19(26)10-9-18(27-21)15-25(22(32)33)11-12-30(17(2)14-25)23(3,4)5/h9-10,13,17H,11-12,14-15H2,1-8H3,(H,27,28)(H,32,33)/t17-,25-/m1/s1. The summed E-state index contributed by atoms with van der Waals surface area (Å²) in [6.45, 7) is 17.2. The van der Waals surface area contributed by atoms with Crippen LogP contribution < -0.4 is 5.32 Å². The van der Waals surface area contributed by atoms with Crippen molar-refractivity contribution in [1.29, 1.82) is 0 Å². The molecule has 0 aromatic carbocycles. The number of piperidine rings is 1. The lowest BCUT2D eigenvalue weighted by molar-refractivity contribution is -0.155. The van der Waals surface area contributed by atoms with Gasteiger partial charge in [-0.1, -0.05) is 0 Å². The van der Waals surface area contributed by atoms with Crippen molar-refractivity contribution in [1.82, 2.24) is 19.7 Å². The zero-order chi connectivity index (χ0) is 24.8. The van der Waals surface area contributed by atoms with Gasteiger partial charge in [0.2, 0.25) is 0 Å². The Bertz CT molecular complexity index is 1020. The Kier molecular flexibility index (Phi) is 6.63. The van der Waals surface area contributed by atoms with E-state index in [0.717, 1.165) is 5.69 Å². The first kappa shape index (κ1) is 25.1. The maximum absolute atomic E-state index is 14.7. The van der Waals surface area contributed by atoms with Gasteiger partial charge in [-0.25, -0.2) is 14.1 Å². The number of halogens is 1. The SMILES string of the molecule is Cc1cc(Nc2nc(C[C@@]3(C(=O)O)CCN(C(C)(C)C)[C@H](C)C3)ccc2F)n(C(C)(C)C)n1. The summed E-state index contributed by atoms with van der Waals surface area (Å²) in [5, 5.41) is 17.8. The van der Waals surface area contributed by atoms with E-state index in [1.807, 2.05) is 33.8 Å². The Labute approximate surface area is 196 Å². The summed E-state index contributed by atoms with van der Waals surface area (Å²) < 4.78 is 16.5. The average molecular weight is 460 g/mol. The molecule has 3 heterocycles. The first-order valence-electron chi connectivity index (χ1n) is 11.6. The van der Waals surface area contributed by atoms with Gasteiger partial charge in [0.05, 0.1) is 16.6 Å². The molecule has 2 aromatic heterocycles. The van der Waals surface area contributed by atoms with Crippen LogP contribution in [0, 0.1) is 18.2 Å². The molecule has 8 heteroatoms. The van der Waals surface area contributed by atoms with E-state index < -0.39 is 17.2 Å². The highest BCUT2D eigenvalue weighted by molar-refractivity contribution is 5.75. The molecular weight excluding hydrogens is 421 g/mol. The fourth-order valence-corrected chi connectivity index (χ4v) is 5.00. The highest BCUT2D eigenvalue weighted by Crippen LogP contribution is 2.40. The first-order valence-corrected chi connectivity index (χ1v) is 11.6. The molecule has 0 spiro atoms. The van der Waals surface area contributed by atoms with Crippen molar-refractivity contribution < 1.29 is 14.3 Å². The number of carboxylic acids is 1. The van der Waals surface area contributed by atoms with Crippen LogP contribution in [0.15, 0.2) is 18.2 Å². The number of rotatable bonds is 5. The van der Waals surface area contributed by atoms with Crippen LogP contribution in [0.2, 0.25) is 0 Å². The van der Waals surface area contributed by atoms with Crippen LogP contribution in [0.5, 0.6) is 0 Å². The molecule has 7 nitrogen and oxygen atoms in total. The van der Waals surface area contributed by atoms with Gasteiger partial charge in [-0.15, -0.1) is 0 Å². The van der Waals surface area contributed by atoms with Crippen LogP contribution in [0.3, 0.4) is 0 Å². The minimum absolute atomic E-state index is 0.0244. The normalized spacial score (nSPS) is 22.4. The Morgan fingerprint density at radius 1 is 1.24 bits per heavy atom. The second kappa shape index (κ2) is 8.70. The van der Waals surface area contributed by atoms with E-state index in [1.165, 1.54) is 6.07 Å². The van der Waals surface area contributed by atoms with E-state index in [2.05, 4.69) is 48.0 Å². The minimum Gasteiger partial charge on any atom is -0.481 e. The van der Waals surface area contributed by atoms with Crippen LogP contribution >= 0.6 is 0 Å². The predicted octanol–water partition coefficient (Wildman–Crippen LogP) is 5.12. The maximum Gasteiger partial charge on any atom is 0.310 e. The smallest absolute Gasteiger partial charge is 0.310 e. The highest BCUT2D eigenvalue weighted by atomic mass is 19.1. The number of carbonyl (C=O) groups is 1. The van der Waals surface area contributed by atoms with Gasteiger partial charge in [0.25, 0.3) is 0 Å². The summed E-state index contributed by atoms with van der Waals surface area (Å²) in [4.78, 5) is 19.3. The van der Waals surface area contributed by atoms with Crippen molar-refractivity contribution >= 4 is 17.6 Å². The number of nitrogens with one attached hydrogen (secondary N) is 1. The quantitative estimate of drug-likeness (QED) is 0.646. The van der Waals surface area contributed by atoms with Gasteiger partial charge in [-0.2, -0.15) is 5.10 Å². The summed E-state index contributed by atoms with van der Waals surface area (Å²) >= 11 is 0. The van der Waals surface area contributed by atoms with Crippen LogP contribution in [0.25, 0.3) is 0 Å². The number of likely N-dealkylation sites (tertiary alicyclic amines) is 1. The largest absolute Gasteiger partial charge is 0.481 e. The molecule has 2 atom stereocenters. The molecular formula is C25H38FN5O2.